The number of carbonyl (C=O) groups excluding carboxylic acids is 1. The molecule has 5 heteroatoms. The third-order valence-electron chi connectivity index (χ3n) is 2.57. The van der Waals surface area contributed by atoms with Gasteiger partial charge in [0.05, 0.1) is 0 Å². The number of amides is 1. The van der Waals surface area contributed by atoms with Crippen LogP contribution in [0, 0.1) is 13.8 Å². The molecule has 0 aliphatic heterocycles. The van der Waals surface area contributed by atoms with Crippen molar-refractivity contribution in [2.45, 2.75) is 13.8 Å². The first kappa shape index (κ1) is 13.5. The van der Waals surface area contributed by atoms with Crippen LogP contribution in [0.25, 0.3) is 0 Å². The summed E-state index contributed by atoms with van der Waals surface area (Å²) in [5.41, 5.74) is 7.30. The molecule has 1 heterocycles. The van der Waals surface area contributed by atoms with Crippen LogP contribution in [0.3, 0.4) is 0 Å². The second-order valence-electron chi connectivity index (χ2n) is 4.21. The van der Waals surface area contributed by atoms with Gasteiger partial charge in [-0.1, -0.05) is 15.9 Å². The van der Waals surface area contributed by atoms with Crippen LogP contribution in [0.15, 0.2) is 34.8 Å². The van der Waals surface area contributed by atoms with Crippen molar-refractivity contribution in [3.63, 3.8) is 0 Å². The molecule has 0 bridgehead atoms. The zero-order valence-corrected chi connectivity index (χ0v) is 12.2. The van der Waals surface area contributed by atoms with Crippen molar-refractivity contribution in [2.75, 3.05) is 0 Å². The first-order valence-corrected chi connectivity index (χ1v) is 6.47. The number of rotatable bonds is 3. The summed E-state index contributed by atoms with van der Waals surface area (Å²) >= 11 is 3.39. The number of nitrogens with zero attached hydrogens (tertiary/aromatic N) is 1. The smallest absolute Gasteiger partial charge is 0.248 e. The van der Waals surface area contributed by atoms with E-state index in [1.807, 2.05) is 25.1 Å². The van der Waals surface area contributed by atoms with Gasteiger partial charge in [0.25, 0.3) is 0 Å². The number of aryl methyl sites for hydroxylation is 2. The van der Waals surface area contributed by atoms with E-state index in [9.17, 15) is 4.79 Å². The van der Waals surface area contributed by atoms with Gasteiger partial charge < -0.3 is 10.5 Å². The molecule has 1 aromatic carbocycles. The predicted octanol–water partition coefficient (Wildman–Crippen LogP) is 3.35. The Morgan fingerprint density at radius 2 is 2.00 bits per heavy atom. The van der Waals surface area contributed by atoms with Gasteiger partial charge in [0.1, 0.15) is 5.75 Å². The van der Waals surface area contributed by atoms with E-state index < -0.39 is 5.91 Å². The lowest BCUT2D eigenvalue weighted by molar-refractivity contribution is 0.0999. The lowest BCUT2D eigenvalue weighted by Crippen LogP contribution is -2.11. The topological polar surface area (TPSA) is 65.2 Å². The molecule has 0 aliphatic carbocycles. The zero-order chi connectivity index (χ0) is 14.0. The minimum Gasteiger partial charge on any atom is -0.439 e. The highest BCUT2D eigenvalue weighted by molar-refractivity contribution is 9.10. The Bertz CT molecular complexity index is 641. The number of ether oxygens (including phenoxy) is 1. The molecule has 0 saturated heterocycles. The zero-order valence-electron chi connectivity index (χ0n) is 10.6. The SMILES string of the molecule is Cc1cc(C(N)=O)cc(Oc2ccc(Br)cc2C)n1. The molecule has 0 fully saturated rings. The van der Waals surface area contributed by atoms with Crippen LogP contribution in [0.4, 0.5) is 0 Å². The highest BCUT2D eigenvalue weighted by Gasteiger charge is 2.08. The van der Waals surface area contributed by atoms with Crippen LogP contribution in [0.5, 0.6) is 11.6 Å². The van der Waals surface area contributed by atoms with Gasteiger partial charge >= 0.3 is 0 Å². The molecule has 0 spiro atoms. The van der Waals surface area contributed by atoms with E-state index in [-0.39, 0.29) is 0 Å². The van der Waals surface area contributed by atoms with E-state index in [4.69, 9.17) is 10.5 Å². The minimum atomic E-state index is -0.497. The summed E-state index contributed by atoms with van der Waals surface area (Å²) in [6.45, 7) is 3.72. The van der Waals surface area contributed by atoms with E-state index >= 15 is 0 Å². The number of hydrogen-bond donors (Lipinski definition) is 1. The van der Waals surface area contributed by atoms with Gasteiger partial charge in [-0.15, -0.1) is 0 Å². The van der Waals surface area contributed by atoms with Crippen molar-refractivity contribution in [1.82, 2.24) is 4.98 Å². The average Bonchev–Trinajstić information content (AvgIpc) is 2.32. The molecule has 1 amide bonds. The fraction of sp³-hybridized carbons (Fsp3) is 0.143. The summed E-state index contributed by atoms with van der Waals surface area (Å²) in [7, 11) is 0. The predicted molar refractivity (Wildman–Crippen MR) is 76.4 cm³/mol. The Morgan fingerprint density at radius 3 is 2.63 bits per heavy atom. The van der Waals surface area contributed by atoms with E-state index in [1.54, 1.807) is 13.0 Å². The molecular formula is C14H13BrN2O2. The number of hydrogen-bond acceptors (Lipinski definition) is 3. The van der Waals surface area contributed by atoms with Crippen molar-refractivity contribution in [3.05, 3.63) is 51.6 Å². The maximum absolute atomic E-state index is 11.2. The summed E-state index contributed by atoms with van der Waals surface area (Å²) in [5.74, 6) is 0.554. The van der Waals surface area contributed by atoms with Crippen molar-refractivity contribution in [3.8, 4) is 11.6 Å². The summed E-state index contributed by atoms with van der Waals surface area (Å²) in [4.78, 5) is 15.4. The standard InChI is InChI=1S/C14H13BrN2O2/c1-8-5-11(15)3-4-12(8)19-13-7-10(14(16)18)6-9(2)17-13/h3-7H,1-2H3,(H2,16,18). The molecule has 2 rings (SSSR count). The number of halogens is 1. The Morgan fingerprint density at radius 1 is 1.26 bits per heavy atom. The molecule has 0 radical (unpaired) electrons. The Kier molecular flexibility index (Phi) is 3.85. The number of carbonyl (C=O) groups is 1. The van der Waals surface area contributed by atoms with E-state index in [1.165, 1.54) is 6.07 Å². The van der Waals surface area contributed by atoms with Crippen LogP contribution in [-0.4, -0.2) is 10.9 Å². The Hall–Kier alpha value is -1.88. The molecule has 19 heavy (non-hydrogen) atoms. The minimum absolute atomic E-state index is 0.360. The third kappa shape index (κ3) is 3.32. The monoisotopic (exact) mass is 320 g/mol. The van der Waals surface area contributed by atoms with E-state index in [0.717, 1.165) is 10.0 Å². The molecule has 2 aromatic rings. The first-order valence-electron chi connectivity index (χ1n) is 5.68. The van der Waals surface area contributed by atoms with Crippen LogP contribution >= 0.6 is 15.9 Å². The highest BCUT2D eigenvalue weighted by Crippen LogP contribution is 2.27. The van der Waals surface area contributed by atoms with Crippen LogP contribution in [-0.2, 0) is 0 Å². The van der Waals surface area contributed by atoms with E-state index in [0.29, 0.717) is 22.9 Å². The quantitative estimate of drug-likeness (QED) is 0.943. The molecule has 0 aliphatic rings. The van der Waals surface area contributed by atoms with Gasteiger partial charge in [0, 0.05) is 21.8 Å². The number of nitrogens with two attached hydrogens (primary N) is 1. The molecule has 0 saturated carbocycles. The first-order chi connectivity index (χ1) is 8.95. The van der Waals surface area contributed by atoms with Gasteiger partial charge in [-0.25, -0.2) is 4.98 Å². The maximum atomic E-state index is 11.2. The number of pyridine rings is 1. The molecule has 2 N–H and O–H groups in total. The second-order valence-corrected chi connectivity index (χ2v) is 5.13. The van der Waals surface area contributed by atoms with Crippen molar-refractivity contribution >= 4 is 21.8 Å². The Labute approximate surface area is 119 Å². The van der Waals surface area contributed by atoms with Gasteiger partial charge in [-0.2, -0.15) is 0 Å². The average molecular weight is 321 g/mol. The summed E-state index contributed by atoms with van der Waals surface area (Å²) in [6, 6.07) is 8.83. The maximum Gasteiger partial charge on any atom is 0.248 e. The second kappa shape index (κ2) is 5.40. The van der Waals surface area contributed by atoms with E-state index in [2.05, 4.69) is 20.9 Å². The molecule has 1 aromatic heterocycles. The van der Waals surface area contributed by atoms with Crippen LogP contribution < -0.4 is 10.5 Å². The van der Waals surface area contributed by atoms with Crippen LogP contribution in [0.1, 0.15) is 21.6 Å². The van der Waals surface area contributed by atoms with Crippen LogP contribution in [0.2, 0.25) is 0 Å². The fourth-order valence-electron chi connectivity index (χ4n) is 1.67. The molecular weight excluding hydrogens is 308 g/mol. The number of benzene rings is 1. The lowest BCUT2D eigenvalue weighted by Gasteiger charge is -2.09. The lowest BCUT2D eigenvalue weighted by atomic mass is 10.2. The summed E-state index contributed by atoms with van der Waals surface area (Å²) in [6.07, 6.45) is 0. The van der Waals surface area contributed by atoms with Crippen molar-refractivity contribution in [2.24, 2.45) is 5.73 Å². The number of primary amides is 1. The molecule has 98 valence electrons. The summed E-state index contributed by atoms with van der Waals surface area (Å²) < 4.78 is 6.68. The highest BCUT2D eigenvalue weighted by atomic mass is 79.9. The molecule has 0 atom stereocenters. The van der Waals surface area contributed by atoms with Gasteiger partial charge in [0.15, 0.2) is 0 Å². The van der Waals surface area contributed by atoms with Crippen molar-refractivity contribution in [1.29, 1.82) is 0 Å². The Balaban J connectivity index is 2.35. The molecule has 4 nitrogen and oxygen atoms in total. The summed E-state index contributed by atoms with van der Waals surface area (Å²) in [5, 5.41) is 0. The van der Waals surface area contributed by atoms with Gasteiger partial charge in [-0.3, -0.25) is 4.79 Å². The molecule has 0 unspecified atom stereocenters. The number of aromatic nitrogens is 1. The third-order valence-corrected chi connectivity index (χ3v) is 3.06. The van der Waals surface area contributed by atoms with Gasteiger partial charge in [-0.05, 0) is 43.7 Å². The van der Waals surface area contributed by atoms with Crippen molar-refractivity contribution < 1.29 is 9.53 Å². The normalized spacial score (nSPS) is 10.3. The largest absolute Gasteiger partial charge is 0.439 e. The fourth-order valence-corrected chi connectivity index (χ4v) is 2.15. The van der Waals surface area contributed by atoms with Gasteiger partial charge in [0.2, 0.25) is 11.8 Å².